The van der Waals surface area contributed by atoms with Crippen molar-refractivity contribution in [2.75, 3.05) is 0 Å². The van der Waals surface area contributed by atoms with Crippen molar-refractivity contribution in [2.24, 2.45) is 0 Å². The Labute approximate surface area is 367 Å². The van der Waals surface area contributed by atoms with Crippen LogP contribution in [0.15, 0.2) is 229 Å². The number of rotatable bonds is 5. The van der Waals surface area contributed by atoms with Crippen LogP contribution < -0.4 is 0 Å². The van der Waals surface area contributed by atoms with Gasteiger partial charge in [0.25, 0.3) is 0 Å². The Hall–Kier alpha value is -8.60. The number of para-hydroxylation sites is 5. The lowest BCUT2D eigenvalue weighted by Crippen LogP contribution is -1.96. The van der Waals surface area contributed by atoms with Crippen molar-refractivity contribution in [1.29, 1.82) is 0 Å². The van der Waals surface area contributed by atoms with E-state index in [0.717, 1.165) is 44.5 Å². The van der Waals surface area contributed by atoms with Gasteiger partial charge in [0.05, 0.1) is 33.1 Å². The number of nitrogens with zero attached hydrogens (tertiary/aromatic N) is 3. The zero-order valence-electron chi connectivity index (χ0n) is 34.6. The van der Waals surface area contributed by atoms with Crippen LogP contribution >= 0.6 is 0 Å². The molecule has 14 rings (SSSR count). The van der Waals surface area contributed by atoms with Gasteiger partial charge >= 0.3 is 0 Å². The Kier molecular flexibility index (Phi) is 7.36. The van der Waals surface area contributed by atoms with Gasteiger partial charge in [0, 0.05) is 60.2 Å². The van der Waals surface area contributed by atoms with E-state index in [1.54, 1.807) is 0 Å². The van der Waals surface area contributed by atoms with E-state index in [4.69, 9.17) is 4.42 Å². The van der Waals surface area contributed by atoms with Crippen molar-refractivity contribution < 1.29 is 4.42 Å². The van der Waals surface area contributed by atoms with E-state index in [2.05, 4.69) is 226 Å². The maximum absolute atomic E-state index is 6.28. The minimum atomic E-state index is 0.893. The van der Waals surface area contributed by atoms with Crippen LogP contribution in [-0.2, 0) is 0 Å². The smallest absolute Gasteiger partial charge is 0.135 e. The predicted octanol–water partition coefficient (Wildman–Crippen LogP) is 16.2. The van der Waals surface area contributed by atoms with E-state index in [1.165, 1.54) is 82.2 Å². The largest absolute Gasteiger partial charge is 0.456 e. The number of benzene rings is 10. The second-order valence-corrected chi connectivity index (χ2v) is 16.9. The van der Waals surface area contributed by atoms with Crippen LogP contribution in [0.25, 0.3) is 127 Å². The summed E-state index contributed by atoms with van der Waals surface area (Å²) in [5, 5.41) is 9.60. The summed E-state index contributed by atoms with van der Waals surface area (Å²) >= 11 is 0. The molecule has 4 aromatic heterocycles. The second-order valence-electron chi connectivity index (χ2n) is 16.9. The van der Waals surface area contributed by atoms with E-state index in [9.17, 15) is 0 Å². The lowest BCUT2D eigenvalue weighted by atomic mass is 9.92. The zero-order valence-corrected chi connectivity index (χ0v) is 34.6. The van der Waals surface area contributed by atoms with Gasteiger partial charge in [0.2, 0.25) is 0 Å². The molecule has 0 unspecified atom stereocenters. The summed E-state index contributed by atoms with van der Waals surface area (Å²) in [5.74, 6) is 0. The van der Waals surface area contributed by atoms with Gasteiger partial charge in [-0.25, -0.2) is 0 Å². The highest BCUT2D eigenvalue weighted by Crippen LogP contribution is 2.44. The highest BCUT2D eigenvalue weighted by Gasteiger charge is 2.21. The number of furan rings is 1. The predicted molar refractivity (Wildman–Crippen MR) is 268 cm³/mol. The Morgan fingerprint density at radius 2 is 0.688 bits per heavy atom. The van der Waals surface area contributed by atoms with Crippen LogP contribution in [-0.4, -0.2) is 13.7 Å². The summed E-state index contributed by atoms with van der Waals surface area (Å²) in [6.45, 7) is 0. The van der Waals surface area contributed by atoms with E-state index in [1.807, 2.05) is 12.1 Å². The minimum Gasteiger partial charge on any atom is -0.456 e. The monoisotopic (exact) mass is 815 g/mol. The summed E-state index contributed by atoms with van der Waals surface area (Å²) in [6.07, 6.45) is 0. The topological polar surface area (TPSA) is 27.9 Å². The molecule has 4 heterocycles. The fraction of sp³-hybridized carbons (Fsp3) is 0. The molecule has 0 saturated heterocycles. The molecule has 0 radical (unpaired) electrons. The third kappa shape index (κ3) is 5.05. The van der Waals surface area contributed by atoms with Gasteiger partial charge in [-0.2, -0.15) is 0 Å². The molecule has 0 N–H and O–H groups in total. The molecule has 0 aliphatic carbocycles. The van der Waals surface area contributed by atoms with Crippen LogP contribution in [0.4, 0.5) is 0 Å². The molecule has 0 bridgehead atoms. The SMILES string of the molecule is c1ccc(-c2cc3c4ccccc4n(-c4ccc5oc6ccccc6c5c4)c3cc2-c2ccc3c(c2)c2ccccc2n3-c2ccc3c(c2)c2ccccc2n3-c2ccccc2)cc1. The summed E-state index contributed by atoms with van der Waals surface area (Å²) in [5.41, 5.74) is 17.0. The van der Waals surface area contributed by atoms with Gasteiger partial charge in [-0.05, 0) is 119 Å². The molecule has 10 aromatic carbocycles. The van der Waals surface area contributed by atoms with Crippen molar-refractivity contribution in [3.63, 3.8) is 0 Å². The molecule has 4 nitrogen and oxygen atoms in total. The lowest BCUT2D eigenvalue weighted by molar-refractivity contribution is 0.669. The summed E-state index contributed by atoms with van der Waals surface area (Å²) in [6, 6.07) is 81.7. The normalized spacial score (nSPS) is 12.1. The molecular weight excluding hydrogens is 779 g/mol. The van der Waals surface area contributed by atoms with Crippen molar-refractivity contribution >= 4 is 87.4 Å². The first-order valence-corrected chi connectivity index (χ1v) is 21.9. The summed E-state index contributed by atoms with van der Waals surface area (Å²) in [4.78, 5) is 0. The second kappa shape index (κ2) is 13.4. The highest BCUT2D eigenvalue weighted by atomic mass is 16.3. The van der Waals surface area contributed by atoms with Gasteiger partial charge in [-0.1, -0.05) is 127 Å². The van der Waals surface area contributed by atoms with Gasteiger partial charge in [-0.15, -0.1) is 0 Å². The number of aromatic nitrogens is 3. The maximum Gasteiger partial charge on any atom is 0.135 e. The van der Waals surface area contributed by atoms with Crippen molar-refractivity contribution in [3.05, 3.63) is 224 Å². The number of fused-ring (bicyclic) bond motifs is 12. The fourth-order valence-corrected chi connectivity index (χ4v) is 10.6. The Bertz CT molecular complexity index is 4180. The third-order valence-corrected chi connectivity index (χ3v) is 13.4. The molecule has 0 atom stereocenters. The minimum absolute atomic E-state index is 0.893. The molecule has 298 valence electrons. The summed E-state index contributed by atoms with van der Waals surface area (Å²) < 4.78 is 13.5. The Balaban J connectivity index is 1.00. The Morgan fingerprint density at radius 3 is 1.38 bits per heavy atom. The van der Waals surface area contributed by atoms with Crippen molar-refractivity contribution in [1.82, 2.24) is 13.7 Å². The molecule has 0 saturated carbocycles. The first-order chi connectivity index (χ1) is 31.7. The van der Waals surface area contributed by atoms with Gasteiger partial charge in [0.15, 0.2) is 0 Å². The third-order valence-electron chi connectivity index (χ3n) is 13.4. The Morgan fingerprint density at radius 1 is 0.234 bits per heavy atom. The molecule has 0 amide bonds. The van der Waals surface area contributed by atoms with Gasteiger partial charge < -0.3 is 18.1 Å². The van der Waals surface area contributed by atoms with Gasteiger partial charge in [-0.3, -0.25) is 0 Å². The molecule has 64 heavy (non-hydrogen) atoms. The van der Waals surface area contributed by atoms with Crippen LogP contribution in [0.1, 0.15) is 0 Å². The van der Waals surface area contributed by atoms with E-state index < -0.39 is 0 Å². The standard InChI is InChI=1S/C60H37N3O/c1-3-15-38(16-4-1)47-36-51-45-21-9-13-25-55(45)63(42-29-32-60-52(35-42)46-22-10-14-26-59(46)64-60)58(51)37-48(47)39-27-30-56-49(33-39)43-19-7-12-24-54(43)62(56)41-28-31-57-50(34-41)44-20-8-11-23-53(44)61(57)40-17-5-2-6-18-40/h1-37H. The first-order valence-electron chi connectivity index (χ1n) is 21.9. The van der Waals surface area contributed by atoms with E-state index >= 15 is 0 Å². The van der Waals surface area contributed by atoms with Crippen molar-refractivity contribution in [3.8, 4) is 39.3 Å². The molecule has 0 spiro atoms. The highest BCUT2D eigenvalue weighted by molar-refractivity contribution is 6.16. The maximum atomic E-state index is 6.28. The van der Waals surface area contributed by atoms with E-state index in [-0.39, 0.29) is 0 Å². The molecule has 0 aliphatic rings. The quantitative estimate of drug-likeness (QED) is 0.170. The molecule has 4 heteroatoms. The van der Waals surface area contributed by atoms with Gasteiger partial charge in [0.1, 0.15) is 11.2 Å². The molecule has 14 aromatic rings. The van der Waals surface area contributed by atoms with Crippen LogP contribution in [0.3, 0.4) is 0 Å². The van der Waals surface area contributed by atoms with Crippen LogP contribution in [0.5, 0.6) is 0 Å². The summed E-state index contributed by atoms with van der Waals surface area (Å²) in [7, 11) is 0. The molecule has 0 fully saturated rings. The molecule has 0 aliphatic heterocycles. The van der Waals surface area contributed by atoms with E-state index in [0.29, 0.717) is 0 Å². The number of hydrogen-bond donors (Lipinski definition) is 0. The van der Waals surface area contributed by atoms with Crippen LogP contribution in [0.2, 0.25) is 0 Å². The molecular formula is C60H37N3O. The first kappa shape index (κ1) is 35.0. The van der Waals surface area contributed by atoms with Crippen LogP contribution in [0, 0.1) is 0 Å². The lowest BCUT2D eigenvalue weighted by Gasteiger charge is -2.14. The zero-order chi connectivity index (χ0) is 41.9. The fourth-order valence-electron chi connectivity index (χ4n) is 10.6. The average Bonchev–Trinajstić information content (AvgIpc) is 4.10. The average molecular weight is 816 g/mol. The number of hydrogen-bond acceptors (Lipinski definition) is 1. The van der Waals surface area contributed by atoms with Crippen molar-refractivity contribution in [2.45, 2.75) is 0 Å².